The van der Waals surface area contributed by atoms with Crippen molar-refractivity contribution in [3.63, 3.8) is 0 Å². The highest BCUT2D eigenvalue weighted by Crippen LogP contribution is 2.32. The van der Waals surface area contributed by atoms with Crippen molar-refractivity contribution in [2.24, 2.45) is 0 Å². The molecule has 34 heavy (non-hydrogen) atoms. The monoisotopic (exact) mass is 525 g/mol. The molecule has 2 aromatic carbocycles. The molecule has 7 nitrogen and oxygen atoms in total. The van der Waals surface area contributed by atoms with Crippen LogP contribution in [0, 0.1) is 5.82 Å². The number of anilines is 1. The number of aromatic nitrogens is 2. The molecule has 2 N–H and O–H groups in total. The molecular formula is C25H25BrFN5O2. The van der Waals surface area contributed by atoms with E-state index >= 15 is 0 Å². The van der Waals surface area contributed by atoms with Crippen molar-refractivity contribution < 1.29 is 9.18 Å². The molecule has 0 radical (unpaired) electrons. The minimum absolute atomic E-state index is 0.0391. The zero-order valence-corrected chi connectivity index (χ0v) is 20.2. The van der Waals surface area contributed by atoms with Crippen LogP contribution in [0.1, 0.15) is 25.1 Å². The Morgan fingerprint density at radius 3 is 2.68 bits per heavy atom. The number of carbonyl (C=O) groups is 1. The summed E-state index contributed by atoms with van der Waals surface area (Å²) in [7, 11) is 0. The number of ketones is 1. The second-order valence-electron chi connectivity index (χ2n) is 8.59. The lowest BCUT2D eigenvalue weighted by molar-refractivity contribution is -0.112. The first-order valence-corrected chi connectivity index (χ1v) is 12.3. The number of aromatic amines is 1. The summed E-state index contributed by atoms with van der Waals surface area (Å²) in [6.45, 7) is 3.46. The van der Waals surface area contributed by atoms with Crippen molar-refractivity contribution >= 4 is 43.9 Å². The predicted octanol–water partition coefficient (Wildman–Crippen LogP) is 3.66. The Bertz CT molecular complexity index is 1330. The Labute approximate surface area is 204 Å². The number of Topliss-reactive ketones (excluding diaryl/α,β-unsaturated/α-hetero) is 1. The molecule has 3 heterocycles. The Balaban J connectivity index is 1.56. The fraction of sp³-hybridized carbons (Fsp3) is 0.320. The maximum Gasteiger partial charge on any atom is 0.259 e. The Morgan fingerprint density at radius 2 is 1.88 bits per heavy atom. The largest absolute Gasteiger partial charge is 0.369 e. The van der Waals surface area contributed by atoms with Crippen molar-refractivity contribution in [3.8, 4) is 0 Å². The van der Waals surface area contributed by atoms with Crippen LogP contribution < -0.4 is 15.8 Å². The van der Waals surface area contributed by atoms with Crippen LogP contribution in [0.25, 0.3) is 16.5 Å². The maximum absolute atomic E-state index is 14.7. The van der Waals surface area contributed by atoms with Gasteiger partial charge in [0.1, 0.15) is 23.0 Å². The topological polar surface area (TPSA) is 81.3 Å². The highest BCUT2D eigenvalue weighted by Gasteiger charge is 2.34. The standard InChI is InChI=1S/C25H25BrFN5O2/c26-16-8-9-17-19(14-16)29-23(30-25(17)34)22-21(33)15-32(20-7-3-2-6-18(20)27)24(22)28-10-13-31-11-4-1-5-12-31/h2-3,6-9,14,28H,1,4-5,10-13,15H2,(H,29,30,34). The Morgan fingerprint density at radius 1 is 1.09 bits per heavy atom. The molecule has 5 rings (SSSR count). The highest BCUT2D eigenvalue weighted by molar-refractivity contribution is 9.10. The molecule has 176 valence electrons. The van der Waals surface area contributed by atoms with E-state index in [9.17, 15) is 14.0 Å². The van der Waals surface area contributed by atoms with Gasteiger partial charge in [-0.15, -0.1) is 0 Å². The Kier molecular flexibility index (Phi) is 6.47. The summed E-state index contributed by atoms with van der Waals surface area (Å²) in [5, 5.41) is 3.80. The van der Waals surface area contributed by atoms with Crippen LogP contribution in [-0.4, -0.2) is 53.4 Å². The number of para-hydroxylation sites is 1. The van der Waals surface area contributed by atoms with E-state index in [1.54, 1.807) is 41.3 Å². The van der Waals surface area contributed by atoms with Crippen LogP contribution in [0.4, 0.5) is 10.1 Å². The van der Waals surface area contributed by atoms with E-state index in [4.69, 9.17) is 0 Å². The number of halogens is 2. The summed E-state index contributed by atoms with van der Waals surface area (Å²) in [5.74, 6) is -0.0125. The average molecular weight is 526 g/mol. The SMILES string of the molecule is O=C1CN(c2ccccc2F)C(NCCN2CCCCC2)=C1c1nc2cc(Br)ccc2c(=O)[nH]1. The quantitative estimate of drug-likeness (QED) is 0.511. The molecule has 0 aliphatic carbocycles. The van der Waals surface area contributed by atoms with Gasteiger partial charge in [0.2, 0.25) is 0 Å². The zero-order chi connectivity index (χ0) is 23.7. The first kappa shape index (κ1) is 22.7. The van der Waals surface area contributed by atoms with Crippen LogP contribution >= 0.6 is 15.9 Å². The Hall–Kier alpha value is -3.04. The molecule has 1 aromatic heterocycles. The number of carbonyl (C=O) groups excluding carboxylic acids is 1. The third kappa shape index (κ3) is 4.50. The van der Waals surface area contributed by atoms with Crippen molar-refractivity contribution in [1.82, 2.24) is 20.2 Å². The number of likely N-dealkylation sites (tertiary alicyclic amines) is 1. The lowest BCUT2D eigenvalue weighted by Gasteiger charge is -2.28. The first-order valence-electron chi connectivity index (χ1n) is 11.5. The highest BCUT2D eigenvalue weighted by atomic mass is 79.9. The van der Waals surface area contributed by atoms with Crippen molar-refractivity contribution in [2.75, 3.05) is 37.6 Å². The maximum atomic E-state index is 14.7. The minimum Gasteiger partial charge on any atom is -0.369 e. The lowest BCUT2D eigenvalue weighted by atomic mass is 10.1. The molecule has 0 saturated carbocycles. The van der Waals surface area contributed by atoms with Crippen LogP contribution in [-0.2, 0) is 4.79 Å². The van der Waals surface area contributed by atoms with Gasteiger partial charge in [-0.25, -0.2) is 9.37 Å². The van der Waals surface area contributed by atoms with Gasteiger partial charge < -0.3 is 20.1 Å². The van der Waals surface area contributed by atoms with E-state index in [1.807, 2.05) is 0 Å². The van der Waals surface area contributed by atoms with Gasteiger partial charge in [0.05, 0.1) is 23.1 Å². The fourth-order valence-electron chi connectivity index (χ4n) is 4.62. The second-order valence-corrected chi connectivity index (χ2v) is 9.51. The summed E-state index contributed by atoms with van der Waals surface area (Å²) < 4.78 is 15.5. The van der Waals surface area contributed by atoms with Gasteiger partial charge in [0.15, 0.2) is 5.78 Å². The fourth-order valence-corrected chi connectivity index (χ4v) is 4.97. The number of nitrogens with zero attached hydrogens (tertiary/aromatic N) is 3. The number of rotatable bonds is 6. The molecule has 0 amide bonds. The molecular weight excluding hydrogens is 501 g/mol. The lowest BCUT2D eigenvalue weighted by Crippen LogP contribution is -2.38. The third-order valence-corrected chi connectivity index (χ3v) is 6.80. The van der Waals surface area contributed by atoms with E-state index < -0.39 is 5.82 Å². The van der Waals surface area contributed by atoms with Gasteiger partial charge in [-0.3, -0.25) is 9.59 Å². The number of piperidine rings is 1. The zero-order valence-electron chi connectivity index (χ0n) is 18.6. The summed E-state index contributed by atoms with van der Waals surface area (Å²) in [4.78, 5) is 37.4. The minimum atomic E-state index is -0.421. The van der Waals surface area contributed by atoms with E-state index in [-0.39, 0.29) is 29.3 Å². The van der Waals surface area contributed by atoms with Crippen LogP contribution in [0.5, 0.6) is 0 Å². The summed E-state index contributed by atoms with van der Waals surface area (Å²) in [5.41, 5.74) is 0.716. The molecule has 9 heteroatoms. The van der Waals surface area contributed by atoms with Crippen LogP contribution in [0.2, 0.25) is 0 Å². The molecule has 0 atom stereocenters. The van der Waals surface area contributed by atoms with Crippen LogP contribution in [0.3, 0.4) is 0 Å². The number of fused-ring (bicyclic) bond motifs is 1. The summed E-state index contributed by atoms with van der Waals surface area (Å²) in [6.07, 6.45) is 3.63. The molecule has 3 aromatic rings. The summed E-state index contributed by atoms with van der Waals surface area (Å²) in [6, 6.07) is 11.6. The van der Waals surface area contributed by atoms with E-state index in [0.717, 1.165) is 24.1 Å². The van der Waals surface area contributed by atoms with Gasteiger partial charge in [0, 0.05) is 17.6 Å². The van der Waals surface area contributed by atoms with E-state index in [1.165, 1.54) is 25.3 Å². The number of nitrogens with one attached hydrogen (secondary N) is 2. The molecule has 0 spiro atoms. The molecule has 1 fully saturated rings. The molecule has 2 aliphatic heterocycles. The van der Waals surface area contributed by atoms with Crippen molar-refractivity contribution in [1.29, 1.82) is 0 Å². The van der Waals surface area contributed by atoms with Crippen molar-refractivity contribution in [2.45, 2.75) is 19.3 Å². The molecule has 2 aliphatic rings. The van der Waals surface area contributed by atoms with Gasteiger partial charge in [0.25, 0.3) is 5.56 Å². The normalized spacial score (nSPS) is 17.1. The number of hydrogen-bond acceptors (Lipinski definition) is 6. The first-order chi connectivity index (χ1) is 16.5. The average Bonchev–Trinajstić information content (AvgIpc) is 3.15. The van der Waals surface area contributed by atoms with Gasteiger partial charge >= 0.3 is 0 Å². The smallest absolute Gasteiger partial charge is 0.259 e. The van der Waals surface area contributed by atoms with Crippen molar-refractivity contribution in [3.05, 3.63) is 74.8 Å². The van der Waals surface area contributed by atoms with Gasteiger partial charge in [-0.1, -0.05) is 34.5 Å². The van der Waals surface area contributed by atoms with Gasteiger partial charge in [-0.05, 0) is 56.3 Å². The third-order valence-electron chi connectivity index (χ3n) is 6.31. The number of benzene rings is 2. The second kappa shape index (κ2) is 9.68. The predicted molar refractivity (Wildman–Crippen MR) is 134 cm³/mol. The number of hydrogen-bond donors (Lipinski definition) is 2. The molecule has 0 unspecified atom stereocenters. The molecule has 1 saturated heterocycles. The van der Waals surface area contributed by atoms with Crippen LogP contribution in [0.15, 0.2) is 57.6 Å². The van der Waals surface area contributed by atoms with E-state index in [0.29, 0.717) is 29.0 Å². The van der Waals surface area contributed by atoms with Gasteiger partial charge in [-0.2, -0.15) is 0 Å². The summed E-state index contributed by atoms with van der Waals surface area (Å²) >= 11 is 3.41. The molecule has 0 bridgehead atoms. The number of H-pyrrole nitrogens is 1. The van der Waals surface area contributed by atoms with E-state index in [2.05, 4.69) is 36.1 Å².